The van der Waals surface area contributed by atoms with Crippen LogP contribution in [0.1, 0.15) is 12.5 Å². The number of pyridine rings is 1. The number of aromatic nitrogens is 1. The third kappa shape index (κ3) is 3.34. The van der Waals surface area contributed by atoms with Crippen molar-refractivity contribution in [3.8, 4) is 0 Å². The van der Waals surface area contributed by atoms with Gasteiger partial charge in [-0.05, 0) is 24.1 Å². The number of H-pyrrole nitrogens is 1. The standard InChI is InChI=1S/C13H15N5O/c1-9(7-16-18-14)15-8-10-6-13(19)17-12-5-3-2-4-11(10)12/h2-6,9,15H,7-8H2,1H3,(H,17,19)/t9-/m1/s1. The van der Waals surface area contributed by atoms with Crippen molar-refractivity contribution in [2.45, 2.75) is 19.5 Å². The smallest absolute Gasteiger partial charge is 0.248 e. The van der Waals surface area contributed by atoms with Gasteiger partial charge in [-0.15, -0.1) is 0 Å². The lowest BCUT2D eigenvalue weighted by atomic mass is 10.1. The van der Waals surface area contributed by atoms with Gasteiger partial charge in [-0.2, -0.15) is 0 Å². The highest BCUT2D eigenvalue weighted by Crippen LogP contribution is 2.14. The highest BCUT2D eigenvalue weighted by Gasteiger charge is 2.05. The van der Waals surface area contributed by atoms with Crippen molar-refractivity contribution in [2.75, 3.05) is 6.54 Å². The lowest BCUT2D eigenvalue weighted by molar-refractivity contribution is 0.556. The second kappa shape index (κ2) is 6.04. The number of nitrogens with zero attached hydrogens (tertiary/aromatic N) is 3. The minimum Gasteiger partial charge on any atom is -0.322 e. The van der Waals surface area contributed by atoms with E-state index in [4.69, 9.17) is 5.53 Å². The summed E-state index contributed by atoms with van der Waals surface area (Å²) in [5.74, 6) is 0. The zero-order valence-electron chi connectivity index (χ0n) is 10.6. The van der Waals surface area contributed by atoms with Gasteiger partial charge in [0.2, 0.25) is 5.56 Å². The lowest BCUT2D eigenvalue weighted by Gasteiger charge is -2.12. The van der Waals surface area contributed by atoms with Gasteiger partial charge in [-0.3, -0.25) is 4.79 Å². The van der Waals surface area contributed by atoms with Crippen LogP contribution in [0.15, 0.2) is 40.2 Å². The zero-order valence-corrected chi connectivity index (χ0v) is 10.6. The molecule has 0 aliphatic rings. The van der Waals surface area contributed by atoms with Crippen molar-refractivity contribution in [1.29, 1.82) is 0 Å². The van der Waals surface area contributed by atoms with Crippen LogP contribution in [0.4, 0.5) is 0 Å². The number of azide groups is 1. The molecule has 0 amide bonds. The topological polar surface area (TPSA) is 93.7 Å². The van der Waals surface area contributed by atoms with Gasteiger partial charge in [0.05, 0.1) is 0 Å². The fraction of sp³-hybridized carbons (Fsp3) is 0.308. The van der Waals surface area contributed by atoms with Crippen LogP contribution in [-0.2, 0) is 6.54 Å². The average Bonchev–Trinajstić information content (AvgIpc) is 2.42. The van der Waals surface area contributed by atoms with Gasteiger partial charge in [0.15, 0.2) is 0 Å². The van der Waals surface area contributed by atoms with Crippen LogP contribution >= 0.6 is 0 Å². The van der Waals surface area contributed by atoms with Gasteiger partial charge in [0, 0.05) is 41.0 Å². The first-order valence-corrected chi connectivity index (χ1v) is 6.06. The molecule has 1 heterocycles. The normalized spacial score (nSPS) is 12.1. The third-order valence-corrected chi connectivity index (χ3v) is 2.90. The van der Waals surface area contributed by atoms with E-state index in [1.54, 1.807) is 6.07 Å². The molecule has 6 nitrogen and oxygen atoms in total. The number of fused-ring (bicyclic) bond motifs is 1. The Bertz CT molecular complexity index is 672. The maximum atomic E-state index is 11.6. The van der Waals surface area contributed by atoms with E-state index in [-0.39, 0.29) is 11.6 Å². The third-order valence-electron chi connectivity index (χ3n) is 2.90. The van der Waals surface area contributed by atoms with Crippen LogP contribution in [0.5, 0.6) is 0 Å². The maximum absolute atomic E-state index is 11.6. The monoisotopic (exact) mass is 257 g/mol. The summed E-state index contributed by atoms with van der Waals surface area (Å²) in [6, 6.07) is 9.33. The summed E-state index contributed by atoms with van der Waals surface area (Å²) < 4.78 is 0. The van der Waals surface area contributed by atoms with Gasteiger partial charge in [0.25, 0.3) is 0 Å². The van der Waals surface area contributed by atoms with E-state index < -0.39 is 0 Å². The second-order valence-electron chi connectivity index (χ2n) is 4.40. The number of hydrogen-bond donors (Lipinski definition) is 2. The number of rotatable bonds is 5. The number of aromatic amines is 1. The van der Waals surface area contributed by atoms with Crippen molar-refractivity contribution in [3.05, 3.63) is 56.7 Å². The van der Waals surface area contributed by atoms with Crippen LogP contribution in [0, 0.1) is 0 Å². The van der Waals surface area contributed by atoms with E-state index in [1.165, 1.54) is 0 Å². The molecule has 0 radical (unpaired) electrons. The van der Waals surface area contributed by atoms with Crippen LogP contribution in [0.2, 0.25) is 0 Å². The van der Waals surface area contributed by atoms with Crippen LogP contribution in [0.3, 0.4) is 0 Å². The first-order chi connectivity index (χ1) is 9.20. The van der Waals surface area contributed by atoms with Gasteiger partial charge in [0.1, 0.15) is 0 Å². The molecule has 0 saturated heterocycles. The Morgan fingerprint density at radius 1 is 1.47 bits per heavy atom. The number of benzene rings is 1. The molecule has 1 aromatic heterocycles. The van der Waals surface area contributed by atoms with Gasteiger partial charge < -0.3 is 10.3 Å². The first-order valence-electron chi connectivity index (χ1n) is 6.06. The molecule has 0 saturated carbocycles. The minimum atomic E-state index is -0.113. The summed E-state index contributed by atoms with van der Waals surface area (Å²) >= 11 is 0. The molecule has 98 valence electrons. The summed E-state index contributed by atoms with van der Waals surface area (Å²) in [7, 11) is 0. The predicted molar refractivity (Wildman–Crippen MR) is 74.9 cm³/mol. The average molecular weight is 257 g/mol. The quantitative estimate of drug-likeness (QED) is 0.488. The van der Waals surface area contributed by atoms with Gasteiger partial charge >= 0.3 is 0 Å². The first kappa shape index (κ1) is 13.1. The SMILES string of the molecule is C[C@H](CN=[N+]=[N-])NCc1cc(=O)[nH]c2ccccc12. The van der Waals surface area contributed by atoms with E-state index in [1.807, 2.05) is 31.2 Å². The highest BCUT2D eigenvalue weighted by atomic mass is 16.1. The Morgan fingerprint density at radius 2 is 2.26 bits per heavy atom. The Hall–Kier alpha value is -2.30. The Morgan fingerprint density at radius 3 is 3.05 bits per heavy atom. The Balaban J connectivity index is 2.20. The molecule has 2 aromatic rings. The molecule has 0 aliphatic carbocycles. The van der Waals surface area contributed by atoms with Crippen molar-refractivity contribution in [2.24, 2.45) is 5.11 Å². The Kier molecular flexibility index (Phi) is 4.18. The lowest BCUT2D eigenvalue weighted by Crippen LogP contribution is -2.28. The molecule has 0 spiro atoms. The van der Waals surface area contributed by atoms with Crippen LogP contribution in [0.25, 0.3) is 21.3 Å². The molecular weight excluding hydrogens is 242 g/mol. The predicted octanol–water partition coefficient (Wildman–Crippen LogP) is 2.32. The highest BCUT2D eigenvalue weighted by molar-refractivity contribution is 5.81. The van der Waals surface area contributed by atoms with E-state index in [0.29, 0.717) is 13.1 Å². The van der Waals surface area contributed by atoms with Crippen molar-refractivity contribution < 1.29 is 0 Å². The summed E-state index contributed by atoms with van der Waals surface area (Å²) in [4.78, 5) is 17.1. The maximum Gasteiger partial charge on any atom is 0.248 e. The molecule has 19 heavy (non-hydrogen) atoms. The van der Waals surface area contributed by atoms with E-state index in [2.05, 4.69) is 20.3 Å². The fourth-order valence-electron chi connectivity index (χ4n) is 1.93. The van der Waals surface area contributed by atoms with Crippen molar-refractivity contribution in [1.82, 2.24) is 10.3 Å². The molecule has 1 atom stereocenters. The largest absolute Gasteiger partial charge is 0.322 e. The zero-order chi connectivity index (χ0) is 13.7. The van der Waals surface area contributed by atoms with Crippen molar-refractivity contribution in [3.63, 3.8) is 0 Å². The number of hydrogen-bond acceptors (Lipinski definition) is 3. The summed E-state index contributed by atoms with van der Waals surface area (Å²) in [6.45, 7) is 2.88. The molecular formula is C13H15N5O. The molecule has 0 bridgehead atoms. The molecule has 0 fully saturated rings. The summed E-state index contributed by atoms with van der Waals surface area (Å²) in [5, 5.41) is 7.77. The summed E-state index contributed by atoms with van der Waals surface area (Å²) in [6.07, 6.45) is 0. The molecule has 2 rings (SSSR count). The molecule has 1 aromatic carbocycles. The molecule has 6 heteroatoms. The van der Waals surface area contributed by atoms with E-state index in [0.717, 1.165) is 16.5 Å². The number of nitrogens with one attached hydrogen (secondary N) is 2. The minimum absolute atomic E-state index is 0.0638. The van der Waals surface area contributed by atoms with E-state index in [9.17, 15) is 4.79 Å². The fourth-order valence-corrected chi connectivity index (χ4v) is 1.93. The molecule has 2 N–H and O–H groups in total. The second-order valence-corrected chi connectivity index (χ2v) is 4.40. The van der Waals surface area contributed by atoms with E-state index >= 15 is 0 Å². The van der Waals surface area contributed by atoms with Gasteiger partial charge in [-0.1, -0.05) is 23.3 Å². The van der Waals surface area contributed by atoms with Crippen LogP contribution < -0.4 is 10.9 Å². The molecule has 0 unspecified atom stereocenters. The number of para-hydroxylation sites is 1. The molecule has 0 aliphatic heterocycles. The van der Waals surface area contributed by atoms with Gasteiger partial charge in [-0.25, -0.2) is 0 Å². The summed E-state index contributed by atoms with van der Waals surface area (Å²) in [5.41, 5.74) is 9.92. The van der Waals surface area contributed by atoms with Crippen LogP contribution in [-0.4, -0.2) is 17.6 Å². The van der Waals surface area contributed by atoms with Crippen molar-refractivity contribution >= 4 is 10.9 Å². The Labute approximate surface area is 110 Å².